The summed E-state index contributed by atoms with van der Waals surface area (Å²) in [6.45, 7) is 1.96. The smallest absolute Gasteiger partial charge is 0.263 e. The molecule has 0 saturated heterocycles. The number of methoxy groups -OCH3 is 2. The number of ether oxygens (including phenoxy) is 2. The van der Waals surface area contributed by atoms with Crippen molar-refractivity contribution < 1.29 is 19.1 Å². The molecule has 1 atom stereocenters. The van der Waals surface area contributed by atoms with E-state index in [-0.39, 0.29) is 17.1 Å². The Morgan fingerprint density at radius 3 is 2.34 bits per heavy atom. The number of nitrogens with zero attached hydrogens (tertiary/aromatic N) is 1. The van der Waals surface area contributed by atoms with Crippen molar-refractivity contribution >= 4 is 57.3 Å². The molecule has 0 aliphatic rings. The molecule has 0 aliphatic heterocycles. The lowest BCUT2D eigenvalue weighted by Gasteiger charge is -2.15. The zero-order valence-corrected chi connectivity index (χ0v) is 23.4. The van der Waals surface area contributed by atoms with E-state index in [1.54, 1.807) is 24.3 Å². The minimum absolute atomic E-state index is 0.136. The van der Waals surface area contributed by atoms with Gasteiger partial charge in [-0.3, -0.25) is 9.59 Å². The number of rotatable bonds is 10. The van der Waals surface area contributed by atoms with E-state index in [2.05, 4.69) is 15.6 Å². The van der Waals surface area contributed by atoms with Gasteiger partial charge in [-0.05, 0) is 48.9 Å². The summed E-state index contributed by atoms with van der Waals surface area (Å²) in [6.07, 6.45) is 0.612. The molecule has 10 heteroatoms. The third-order valence-electron chi connectivity index (χ3n) is 5.56. The first-order valence-corrected chi connectivity index (χ1v) is 13.9. The van der Waals surface area contributed by atoms with Gasteiger partial charge < -0.3 is 20.1 Å². The quantitative estimate of drug-likeness (QED) is 0.196. The molecule has 1 heterocycles. The number of benzene rings is 3. The molecule has 196 valence electrons. The highest BCUT2D eigenvalue weighted by molar-refractivity contribution is 8.00. The van der Waals surface area contributed by atoms with Gasteiger partial charge in [0.1, 0.15) is 17.1 Å². The van der Waals surface area contributed by atoms with Crippen LogP contribution in [0, 0.1) is 0 Å². The average Bonchev–Trinajstić information content (AvgIpc) is 3.40. The standard InChI is InChI=1S/C28H26ClN3O4S2/c1-4-24(26(33)32-28-31-21(16-37-28)17-11-13-18(29)14-12-17)38-20-8-5-7-19(15-20)30-27(34)25-22(35-2)9-6-10-23(25)36-3/h5-16,24H,4H2,1-3H3,(H,30,34)(H,31,32,33). The fraction of sp³-hybridized carbons (Fsp3) is 0.179. The van der Waals surface area contributed by atoms with E-state index in [9.17, 15) is 9.59 Å². The molecule has 4 rings (SSSR count). The third-order valence-corrected chi connectivity index (χ3v) is 7.93. The lowest BCUT2D eigenvalue weighted by Crippen LogP contribution is -2.24. The van der Waals surface area contributed by atoms with Gasteiger partial charge in [0.25, 0.3) is 5.91 Å². The molecule has 1 aromatic heterocycles. The molecule has 0 saturated carbocycles. The van der Waals surface area contributed by atoms with Crippen LogP contribution in [-0.2, 0) is 4.79 Å². The van der Waals surface area contributed by atoms with Gasteiger partial charge in [-0.25, -0.2) is 4.98 Å². The number of amides is 2. The first kappa shape index (κ1) is 27.5. The van der Waals surface area contributed by atoms with E-state index in [0.29, 0.717) is 39.3 Å². The Bertz CT molecular complexity index is 1400. The maximum atomic E-state index is 13.0. The van der Waals surface area contributed by atoms with Crippen molar-refractivity contribution in [3.8, 4) is 22.8 Å². The molecular weight excluding hydrogens is 542 g/mol. The summed E-state index contributed by atoms with van der Waals surface area (Å²) in [6, 6.07) is 19.9. The molecular formula is C28H26ClN3O4S2. The van der Waals surface area contributed by atoms with Crippen LogP contribution in [0.2, 0.25) is 5.02 Å². The Labute approximate surface area is 234 Å². The lowest BCUT2D eigenvalue weighted by molar-refractivity contribution is -0.115. The summed E-state index contributed by atoms with van der Waals surface area (Å²) in [5, 5.41) is 8.57. The minimum Gasteiger partial charge on any atom is -0.496 e. The Morgan fingerprint density at radius 2 is 1.68 bits per heavy atom. The van der Waals surface area contributed by atoms with E-state index in [4.69, 9.17) is 21.1 Å². The molecule has 0 bridgehead atoms. The van der Waals surface area contributed by atoms with Gasteiger partial charge in [-0.1, -0.05) is 42.8 Å². The molecule has 2 amide bonds. The van der Waals surface area contributed by atoms with Crippen LogP contribution >= 0.6 is 34.7 Å². The second kappa shape index (κ2) is 12.8. The summed E-state index contributed by atoms with van der Waals surface area (Å²) < 4.78 is 10.7. The normalized spacial score (nSPS) is 11.5. The minimum atomic E-state index is -0.355. The first-order valence-electron chi connectivity index (χ1n) is 11.7. The zero-order chi connectivity index (χ0) is 27.1. The van der Waals surface area contributed by atoms with Crippen molar-refractivity contribution in [2.24, 2.45) is 0 Å². The highest BCUT2D eigenvalue weighted by Gasteiger charge is 2.21. The summed E-state index contributed by atoms with van der Waals surface area (Å²) in [5.74, 6) is 0.335. The topological polar surface area (TPSA) is 89.5 Å². The monoisotopic (exact) mass is 567 g/mol. The summed E-state index contributed by atoms with van der Waals surface area (Å²) in [7, 11) is 3.01. The maximum absolute atomic E-state index is 13.0. The number of hydrogen-bond donors (Lipinski definition) is 2. The van der Waals surface area contributed by atoms with Gasteiger partial charge in [-0.2, -0.15) is 0 Å². The second-order valence-electron chi connectivity index (χ2n) is 8.07. The van der Waals surface area contributed by atoms with Gasteiger partial charge in [0.15, 0.2) is 5.13 Å². The second-order valence-corrected chi connectivity index (χ2v) is 10.6. The molecule has 0 spiro atoms. The van der Waals surface area contributed by atoms with Gasteiger partial charge in [0.2, 0.25) is 5.91 Å². The fourth-order valence-electron chi connectivity index (χ4n) is 3.67. The highest BCUT2D eigenvalue weighted by atomic mass is 35.5. The molecule has 7 nitrogen and oxygen atoms in total. The first-order chi connectivity index (χ1) is 18.4. The number of anilines is 2. The van der Waals surface area contributed by atoms with E-state index >= 15 is 0 Å². The number of carbonyl (C=O) groups is 2. The van der Waals surface area contributed by atoms with Crippen molar-refractivity contribution in [1.82, 2.24) is 4.98 Å². The molecule has 2 N–H and O–H groups in total. The lowest BCUT2D eigenvalue weighted by atomic mass is 10.1. The van der Waals surface area contributed by atoms with E-state index in [1.165, 1.54) is 37.3 Å². The van der Waals surface area contributed by atoms with Crippen LogP contribution < -0.4 is 20.1 Å². The van der Waals surface area contributed by atoms with Crippen LogP contribution in [0.15, 0.2) is 77.0 Å². The summed E-state index contributed by atoms with van der Waals surface area (Å²) >= 11 is 8.76. The van der Waals surface area contributed by atoms with Gasteiger partial charge in [-0.15, -0.1) is 23.1 Å². The Morgan fingerprint density at radius 1 is 1.00 bits per heavy atom. The van der Waals surface area contributed by atoms with Crippen molar-refractivity contribution in [2.75, 3.05) is 24.9 Å². The number of aromatic nitrogens is 1. The van der Waals surface area contributed by atoms with E-state index in [1.807, 2.05) is 54.8 Å². The number of carbonyl (C=O) groups excluding carboxylic acids is 2. The van der Waals surface area contributed by atoms with Crippen LogP contribution in [0.5, 0.6) is 11.5 Å². The molecule has 3 aromatic carbocycles. The van der Waals surface area contributed by atoms with Crippen molar-refractivity contribution in [2.45, 2.75) is 23.5 Å². The average molecular weight is 568 g/mol. The van der Waals surface area contributed by atoms with Crippen LogP contribution in [0.3, 0.4) is 0 Å². The molecule has 0 radical (unpaired) electrons. The Hall–Kier alpha value is -3.53. The molecule has 4 aromatic rings. The molecule has 0 aliphatic carbocycles. The Balaban J connectivity index is 1.43. The Kier molecular flexibility index (Phi) is 9.28. The van der Waals surface area contributed by atoms with E-state index < -0.39 is 0 Å². The number of thiazole rings is 1. The highest BCUT2D eigenvalue weighted by Crippen LogP contribution is 2.32. The number of halogens is 1. The third kappa shape index (κ3) is 6.66. The van der Waals surface area contributed by atoms with Crippen LogP contribution in [-0.4, -0.2) is 36.3 Å². The van der Waals surface area contributed by atoms with Gasteiger partial charge in [0.05, 0.1) is 25.2 Å². The summed E-state index contributed by atoms with van der Waals surface area (Å²) in [5.41, 5.74) is 2.61. The summed E-state index contributed by atoms with van der Waals surface area (Å²) in [4.78, 5) is 31.5. The number of nitrogens with one attached hydrogen (secondary N) is 2. The predicted octanol–water partition coefficient (Wildman–Crippen LogP) is 7.24. The van der Waals surface area contributed by atoms with Crippen molar-refractivity contribution in [3.05, 3.63) is 82.7 Å². The maximum Gasteiger partial charge on any atom is 0.263 e. The zero-order valence-electron chi connectivity index (χ0n) is 21.0. The fourth-order valence-corrected chi connectivity index (χ4v) is 5.53. The van der Waals surface area contributed by atoms with Crippen LogP contribution in [0.4, 0.5) is 10.8 Å². The van der Waals surface area contributed by atoms with Crippen LogP contribution in [0.25, 0.3) is 11.3 Å². The van der Waals surface area contributed by atoms with Crippen molar-refractivity contribution in [3.63, 3.8) is 0 Å². The molecule has 0 fully saturated rings. The number of thioether (sulfide) groups is 1. The predicted molar refractivity (Wildman–Crippen MR) is 155 cm³/mol. The SMILES string of the molecule is CCC(Sc1cccc(NC(=O)c2c(OC)cccc2OC)c1)C(=O)Nc1nc(-c2ccc(Cl)cc2)cs1. The molecule has 38 heavy (non-hydrogen) atoms. The largest absolute Gasteiger partial charge is 0.496 e. The van der Waals surface area contributed by atoms with Gasteiger partial charge in [0, 0.05) is 26.5 Å². The van der Waals surface area contributed by atoms with Gasteiger partial charge >= 0.3 is 0 Å². The number of hydrogen-bond acceptors (Lipinski definition) is 7. The van der Waals surface area contributed by atoms with Crippen LogP contribution in [0.1, 0.15) is 23.7 Å². The van der Waals surface area contributed by atoms with Crippen molar-refractivity contribution in [1.29, 1.82) is 0 Å². The molecule has 1 unspecified atom stereocenters. The van der Waals surface area contributed by atoms with E-state index in [0.717, 1.165) is 16.2 Å².